The molecule has 140 valence electrons. The third-order valence-corrected chi connectivity index (χ3v) is 4.22. The van der Waals surface area contributed by atoms with Gasteiger partial charge in [0.25, 0.3) is 5.91 Å². The fourth-order valence-corrected chi connectivity index (χ4v) is 2.98. The number of benzene rings is 1. The maximum absolute atomic E-state index is 12.6. The number of nitrogens with one attached hydrogen (secondary N) is 1. The molecule has 0 aliphatic heterocycles. The van der Waals surface area contributed by atoms with Crippen LogP contribution in [0.15, 0.2) is 36.5 Å². The van der Waals surface area contributed by atoms with Crippen LogP contribution in [0.5, 0.6) is 0 Å². The average Bonchev–Trinajstić information content (AvgIpc) is 3.02. The van der Waals surface area contributed by atoms with Crippen LogP contribution in [0.2, 0.25) is 0 Å². The Morgan fingerprint density at radius 3 is 2.50 bits per heavy atom. The smallest absolute Gasteiger partial charge is 0.308 e. The summed E-state index contributed by atoms with van der Waals surface area (Å²) in [6.45, 7) is 6.11. The number of carboxylic acids is 1. The van der Waals surface area contributed by atoms with E-state index in [-0.39, 0.29) is 18.4 Å². The van der Waals surface area contributed by atoms with Crippen LogP contribution < -0.4 is 5.32 Å². The van der Waals surface area contributed by atoms with Gasteiger partial charge in [0.1, 0.15) is 0 Å². The van der Waals surface area contributed by atoms with Gasteiger partial charge in [-0.3, -0.25) is 9.59 Å². The number of para-hydroxylation sites is 1. The van der Waals surface area contributed by atoms with Crippen LogP contribution in [0.25, 0.3) is 5.69 Å². The highest BCUT2D eigenvalue weighted by atomic mass is 16.4. The molecule has 1 heterocycles. The van der Waals surface area contributed by atoms with E-state index in [1.165, 1.54) is 0 Å². The molecule has 6 nitrogen and oxygen atoms in total. The summed E-state index contributed by atoms with van der Waals surface area (Å²) < 4.78 is 1.78. The van der Waals surface area contributed by atoms with Gasteiger partial charge in [0.2, 0.25) is 0 Å². The first-order valence-electron chi connectivity index (χ1n) is 9.07. The molecule has 1 amide bonds. The zero-order valence-corrected chi connectivity index (χ0v) is 15.6. The maximum Gasteiger partial charge on any atom is 0.308 e. The number of aliphatic carboxylic acids is 1. The monoisotopic (exact) mass is 357 g/mol. The molecular weight excluding hydrogens is 330 g/mol. The molecule has 2 N–H and O–H groups in total. The summed E-state index contributed by atoms with van der Waals surface area (Å²) in [7, 11) is 0. The summed E-state index contributed by atoms with van der Waals surface area (Å²) in [6, 6.07) is 9.67. The number of carbonyl (C=O) groups excluding carboxylic acids is 1. The van der Waals surface area contributed by atoms with Crippen LogP contribution >= 0.6 is 0 Å². The molecular formula is C20H27N3O3. The van der Waals surface area contributed by atoms with Crippen molar-refractivity contribution in [2.24, 2.45) is 11.8 Å². The molecule has 0 saturated heterocycles. The molecule has 1 unspecified atom stereocenters. The number of nitrogens with zero attached hydrogens (tertiary/aromatic N) is 2. The number of hydrogen-bond acceptors (Lipinski definition) is 3. The molecule has 0 bridgehead atoms. The molecule has 0 saturated carbocycles. The quantitative estimate of drug-likeness (QED) is 0.721. The first kappa shape index (κ1) is 19.7. The molecule has 2 rings (SSSR count). The lowest BCUT2D eigenvalue weighted by Crippen LogP contribution is -2.34. The van der Waals surface area contributed by atoms with Gasteiger partial charge in [0.15, 0.2) is 0 Å². The minimum Gasteiger partial charge on any atom is -0.481 e. The SMILES string of the molecule is CCCc1c(C(=O)NCC(CC(C)C)C(=O)O)cnn1-c1ccccc1. The molecule has 2 aromatic rings. The third kappa shape index (κ3) is 4.94. The predicted octanol–water partition coefficient (Wildman–Crippen LogP) is 3.30. The summed E-state index contributed by atoms with van der Waals surface area (Å²) in [5.41, 5.74) is 2.24. The Morgan fingerprint density at radius 1 is 1.23 bits per heavy atom. The Morgan fingerprint density at radius 2 is 1.92 bits per heavy atom. The van der Waals surface area contributed by atoms with Crippen molar-refractivity contribution in [1.29, 1.82) is 0 Å². The highest BCUT2D eigenvalue weighted by Crippen LogP contribution is 2.17. The van der Waals surface area contributed by atoms with Crippen LogP contribution in [0, 0.1) is 11.8 Å². The van der Waals surface area contributed by atoms with Gasteiger partial charge in [0.05, 0.1) is 29.1 Å². The van der Waals surface area contributed by atoms with Gasteiger partial charge in [-0.25, -0.2) is 4.68 Å². The molecule has 1 atom stereocenters. The lowest BCUT2D eigenvalue weighted by Gasteiger charge is -2.15. The van der Waals surface area contributed by atoms with Crippen molar-refractivity contribution in [1.82, 2.24) is 15.1 Å². The van der Waals surface area contributed by atoms with Crippen LogP contribution in [0.4, 0.5) is 0 Å². The minimum absolute atomic E-state index is 0.119. The molecule has 0 radical (unpaired) electrons. The fourth-order valence-electron chi connectivity index (χ4n) is 2.98. The van der Waals surface area contributed by atoms with E-state index in [1.807, 2.05) is 51.1 Å². The lowest BCUT2D eigenvalue weighted by atomic mass is 9.97. The standard InChI is InChI=1S/C20H27N3O3/c1-4-8-18-17(13-22-23(18)16-9-6-5-7-10-16)19(24)21-12-15(20(25)26)11-14(2)3/h5-7,9-10,13-15H,4,8,11-12H2,1-3H3,(H,21,24)(H,25,26). The molecule has 0 aliphatic carbocycles. The third-order valence-electron chi connectivity index (χ3n) is 4.22. The molecule has 0 fully saturated rings. The highest BCUT2D eigenvalue weighted by Gasteiger charge is 2.22. The summed E-state index contributed by atoms with van der Waals surface area (Å²) in [4.78, 5) is 24.0. The second kappa shape index (κ2) is 9.17. The van der Waals surface area contributed by atoms with Crippen LogP contribution in [-0.2, 0) is 11.2 Å². The van der Waals surface area contributed by atoms with Crippen LogP contribution in [0.3, 0.4) is 0 Å². The van der Waals surface area contributed by atoms with Gasteiger partial charge in [-0.2, -0.15) is 5.10 Å². The molecule has 26 heavy (non-hydrogen) atoms. The van der Waals surface area contributed by atoms with Gasteiger partial charge in [0, 0.05) is 6.54 Å². The van der Waals surface area contributed by atoms with Crippen molar-refractivity contribution >= 4 is 11.9 Å². The number of carbonyl (C=O) groups is 2. The van der Waals surface area contributed by atoms with E-state index in [1.54, 1.807) is 10.9 Å². The number of carboxylic acid groups (broad SMARTS) is 1. The Bertz CT molecular complexity index is 738. The Kier molecular flexibility index (Phi) is 6.95. The molecule has 0 aliphatic rings. The summed E-state index contributed by atoms with van der Waals surface area (Å²) in [5.74, 6) is -1.49. The summed E-state index contributed by atoms with van der Waals surface area (Å²) >= 11 is 0. The molecule has 1 aromatic carbocycles. The Labute approximate surface area is 154 Å². The largest absolute Gasteiger partial charge is 0.481 e. The fraction of sp³-hybridized carbons (Fsp3) is 0.450. The second-order valence-corrected chi connectivity index (χ2v) is 6.88. The van der Waals surface area contributed by atoms with E-state index in [9.17, 15) is 14.7 Å². The Hall–Kier alpha value is -2.63. The van der Waals surface area contributed by atoms with E-state index >= 15 is 0 Å². The number of rotatable bonds is 9. The van der Waals surface area contributed by atoms with Crippen molar-refractivity contribution in [3.63, 3.8) is 0 Å². The molecule has 6 heteroatoms. The van der Waals surface area contributed by atoms with E-state index < -0.39 is 11.9 Å². The van der Waals surface area contributed by atoms with Crippen molar-refractivity contribution < 1.29 is 14.7 Å². The molecule has 0 spiro atoms. The van der Waals surface area contributed by atoms with E-state index in [4.69, 9.17) is 0 Å². The van der Waals surface area contributed by atoms with Gasteiger partial charge >= 0.3 is 5.97 Å². The van der Waals surface area contributed by atoms with Crippen LogP contribution in [0.1, 0.15) is 49.7 Å². The number of amides is 1. The van der Waals surface area contributed by atoms with Crippen molar-refractivity contribution in [3.05, 3.63) is 47.8 Å². The zero-order valence-electron chi connectivity index (χ0n) is 15.6. The van der Waals surface area contributed by atoms with Crippen LogP contribution in [-0.4, -0.2) is 33.3 Å². The average molecular weight is 357 g/mol. The van der Waals surface area contributed by atoms with E-state index in [2.05, 4.69) is 10.4 Å². The summed E-state index contributed by atoms with van der Waals surface area (Å²) in [5, 5.41) is 16.5. The van der Waals surface area contributed by atoms with Gasteiger partial charge in [-0.15, -0.1) is 0 Å². The van der Waals surface area contributed by atoms with Crippen molar-refractivity contribution in [3.8, 4) is 5.69 Å². The van der Waals surface area contributed by atoms with Gasteiger partial charge in [-0.1, -0.05) is 45.4 Å². The maximum atomic E-state index is 12.6. The number of hydrogen-bond donors (Lipinski definition) is 2. The number of aromatic nitrogens is 2. The van der Waals surface area contributed by atoms with Crippen molar-refractivity contribution in [2.75, 3.05) is 6.54 Å². The molecule has 1 aromatic heterocycles. The topological polar surface area (TPSA) is 84.2 Å². The highest BCUT2D eigenvalue weighted by molar-refractivity contribution is 5.95. The Balaban J connectivity index is 2.18. The lowest BCUT2D eigenvalue weighted by molar-refractivity contribution is -0.142. The first-order chi connectivity index (χ1) is 12.4. The van der Waals surface area contributed by atoms with Gasteiger partial charge < -0.3 is 10.4 Å². The first-order valence-corrected chi connectivity index (χ1v) is 9.07. The summed E-state index contributed by atoms with van der Waals surface area (Å²) in [6.07, 6.45) is 3.68. The zero-order chi connectivity index (χ0) is 19.1. The van der Waals surface area contributed by atoms with E-state index in [0.717, 1.165) is 17.8 Å². The van der Waals surface area contributed by atoms with E-state index in [0.29, 0.717) is 18.4 Å². The minimum atomic E-state index is -0.882. The van der Waals surface area contributed by atoms with Crippen molar-refractivity contribution in [2.45, 2.75) is 40.0 Å². The predicted molar refractivity (Wildman–Crippen MR) is 100 cm³/mol. The second-order valence-electron chi connectivity index (χ2n) is 6.88. The van der Waals surface area contributed by atoms with Gasteiger partial charge in [-0.05, 0) is 30.9 Å². The normalized spacial score (nSPS) is 12.2.